The Morgan fingerprint density at radius 2 is 1.91 bits per heavy atom. The number of aliphatic hydroxyl groups excluding tert-OH is 2. The van der Waals surface area contributed by atoms with Crippen molar-refractivity contribution in [2.24, 2.45) is 22.7 Å². The first-order valence-electron chi connectivity index (χ1n) is 9.34. The van der Waals surface area contributed by atoms with Gasteiger partial charge in [-0.05, 0) is 81.0 Å². The van der Waals surface area contributed by atoms with Crippen LogP contribution in [0.1, 0.15) is 72.1 Å². The quantitative estimate of drug-likeness (QED) is 0.695. The number of hydrogen-bond donors (Lipinski definition) is 3. The van der Waals surface area contributed by atoms with Crippen LogP contribution >= 0.6 is 0 Å². The van der Waals surface area contributed by atoms with Crippen molar-refractivity contribution < 1.29 is 15.3 Å². The fraction of sp³-hybridized carbons (Fsp3) is 0.900. The summed E-state index contributed by atoms with van der Waals surface area (Å²) in [5.41, 5.74) is 0.357. The van der Waals surface area contributed by atoms with Gasteiger partial charge in [0.25, 0.3) is 0 Å². The Bertz CT molecular complexity index is 489. The van der Waals surface area contributed by atoms with Crippen molar-refractivity contribution in [2.75, 3.05) is 0 Å². The van der Waals surface area contributed by atoms with Crippen LogP contribution in [0.25, 0.3) is 0 Å². The van der Waals surface area contributed by atoms with Crippen molar-refractivity contribution in [2.45, 2.75) is 89.9 Å². The van der Waals surface area contributed by atoms with Crippen LogP contribution in [0, 0.1) is 22.7 Å². The summed E-state index contributed by atoms with van der Waals surface area (Å²) in [6, 6.07) is 0. The smallest absolute Gasteiger partial charge is 0.0745 e. The van der Waals surface area contributed by atoms with Crippen LogP contribution in [0.15, 0.2) is 12.2 Å². The Kier molecular flexibility index (Phi) is 4.23. The second-order valence-electron chi connectivity index (χ2n) is 9.50. The fourth-order valence-corrected chi connectivity index (χ4v) is 5.93. The van der Waals surface area contributed by atoms with E-state index < -0.39 is 11.7 Å². The third-order valence-corrected chi connectivity index (χ3v) is 7.71. The maximum absolute atomic E-state index is 11.3. The fourth-order valence-electron chi connectivity index (χ4n) is 5.93. The maximum Gasteiger partial charge on any atom is 0.0745 e. The molecule has 3 aliphatic rings. The zero-order chi connectivity index (χ0) is 17.0. The minimum absolute atomic E-state index is 0.123. The van der Waals surface area contributed by atoms with E-state index in [9.17, 15) is 15.3 Å². The zero-order valence-corrected chi connectivity index (χ0v) is 15.0. The highest BCUT2D eigenvalue weighted by atomic mass is 16.3. The molecular formula is C20H34O3. The van der Waals surface area contributed by atoms with Crippen LogP contribution in [-0.4, -0.2) is 33.1 Å². The molecule has 0 aromatic carbocycles. The molecule has 3 heteroatoms. The van der Waals surface area contributed by atoms with E-state index >= 15 is 0 Å². The molecule has 3 aliphatic carbocycles. The Hall–Kier alpha value is -0.380. The summed E-state index contributed by atoms with van der Waals surface area (Å²) in [4.78, 5) is 0. The van der Waals surface area contributed by atoms with Crippen molar-refractivity contribution in [3.63, 3.8) is 0 Å². The lowest BCUT2D eigenvalue weighted by Gasteiger charge is -2.59. The molecule has 3 nitrogen and oxygen atoms in total. The zero-order valence-electron chi connectivity index (χ0n) is 15.0. The number of hydrogen-bond acceptors (Lipinski definition) is 3. The first kappa shape index (κ1) is 17.4. The summed E-state index contributed by atoms with van der Waals surface area (Å²) in [6.45, 7) is 10.2. The molecule has 0 aromatic rings. The average molecular weight is 322 g/mol. The van der Waals surface area contributed by atoms with E-state index in [1.54, 1.807) is 0 Å². The van der Waals surface area contributed by atoms with Crippen LogP contribution in [0.4, 0.5) is 0 Å². The lowest BCUT2D eigenvalue weighted by atomic mass is 9.47. The van der Waals surface area contributed by atoms with Crippen LogP contribution in [-0.2, 0) is 0 Å². The van der Waals surface area contributed by atoms with E-state index in [-0.39, 0.29) is 16.9 Å². The van der Waals surface area contributed by atoms with E-state index in [2.05, 4.69) is 20.4 Å². The summed E-state index contributed by atoms with van der Waals surface area (Å²) in [7, 11) is 0. The van der Waals surface area contributed by atoms with E-state index in [0.29, 0.717) is 11.8 Å². The van der Waals surface area contributed by atoms with Gasteiger partial charge in [0.1, 0.15) is 0 Å². The molecule has 0 aliphatic heterocycles. The van der Waals surface area contributed by atoms with Gasteiger partial charge in [-0.1, -0.05) is 26.0 Å². The first-order chi connectivity index (χ1) is 10.6. The highest BCUT2D eigenvalue weighted by Crippen LogP contribution is 2.66. The van der Waals surface area contributed by atoms with Crippen molar-refractivity contribution in [1.29, 1.82) is 0 Å². The molecule has 2 bridgehead atoms. The summed E-state index contributed by atoms with van der Waals surface area (Å²) >= 11 is 0. The van der Waals surface area contributed by atoms with Crippen molar-refractivity contribution in [3.8, 4) is 0 Å². The van der Waals surface area contributed by atoms with Gasteiger partial charge in [0, 0.05) is 0 Å². The average Bonchev–Trinajstić information content (AvgIpc) is 2.53. The Morgan fingerprint density at radius 1 is 1.22 bits per heavy atom. The van der Waals surface area contributed by atoms with E-state index in [4.69, 9.17) is 0 Å². The maximum atomic E-state index is 11.3. The summed E-state index contributed by atoms with van der Waals surface area (Å²) in [5, 5.41) is 31.8. The monoisotopic (exact) mass is 322 g/mol. The molecule has 3 saturated carbocycles. The van der Waals surface area contributed by atoms with Crippen molar-refractivity contribution in [1.82, 2.24) is 0 Å². The molecule has 3 unspecified atom stereocenters. The van der Waals surface area contributed by atoms with Gasteiger partial charge >= 0.3 is 0 Å². The third-order valence-electron chi connectivity index (χ3n) is 7.71. The van der Waals surface area contributed by atoms with Crippen molar-refractivity contribution in [3.05, 3.63) is 12.2 Å². The highest BCUT2D eigenvalue weighted by molar-refractivity contribution is 5.13. The lowest BCUT2D eigenvalue weighted by Crippen LogP contribution is -2.58. The number of rotatable bonds is 4. The Balaban J connectivity index is 1.73. The molecule has 132 valence electrons. The van der Waals surface area contributed by atoms with Gasteiger partial charge in [0.2, 0.25) is 0 Å². The van der Waals surface area contributed by atoms with E-state index in [1.165, 1.54) is 0 Å². The second kappa shape index (κ2) is 5.57. The molecule has 7 atom stereocenters. The molecule has 0 aromatic heterocycles. The standard InChI is InChI=1S/C20H34O3/c1-13(2)16(21)6-9-18(3)11-15-14(18)5-8-19(4)12-20(15,23)10-7-17(19)22/h14-17,21-23H,1,5-12H2,2-4H3/t14?,15?,16?,17-,18-,19+,20-/m1/s1. The topological polar surface area (TPSA) is 60.7 Å². The van der Waals surface area contributed by atoms with E-state index in [1.807, 2.05) is 6.92 Å². The molecular weight excluding hydrogens is 288 g/mol. The minimum atomic E-state index is -0.582. The van der Waals surface area contributed by atoms with Crippen LogP contribution in [0.3, 0.4) is 0 Å². The van der Waals surface area contributed by atoms with Crippen LogP contribution in [0.5, 0.6) is 0 Å². The van der Waals surface area contributed by atoms with E-state index in [0.717, 1.165) is 56.9 Å². The predicted octanol–water partition coefficient (Wildman–Crippen LogP) is 3.42. The third kappa shape index (κ3) is 2.79. The normalized spacial score (nSPS) is 50.4. The first-order valence-corrected chi connectivity index (χ1v) is 9.34. The van der Waals surface area contributed by atoms with Crippen LogP contribution in [0.2, 0.25) is 0 Å². The molecule has 3 rings (SSSR count). The van der Waals surface area contributed by atoms with Gasteiger partial charge in [-0.3, -0.25) is 0 Å². The van der Waals surface area contributed by atoms with Crippen molar-refractivity contribution >= 4 is 0 Å². The second-order valence-corrected chi connectivity index (χ2v) is 9.50. The van der Waals surface area contributed by atoms with Gasteiger partial charge in [-0.15, -0.1) is 0 Å². The molecule has 0 spiro atoms. The largest absolute Gasteiger partial charge is 0.393 e. The molecule has 0 heterocycles. The minimum Gasteiger partial charge on any atom is -0.393 e. The molecule has 3 fully saturated rings. The van der Waals surface area contributed by atoms with Crippen LogP contribution < -0.4 is 0 Å². The molecule has 23 heavy (non-hydrogen) atoms. The van der Waals surface area contributed by atoms with Gasteiger partial charge in [0.15, 0.2) is 0 Å². The SMILES string of the molecule is C=C(C)C(O)CC[C@]1(C)CC2C1CC[C@@]1(C)C[C@]2(O)CC[C@H]1O. The van der Waals surface area contributed by atoms with Gasteiger partial charge in [-0.2, -0.15) is 0 Å². The molecule has 0 amide bonds. The van der Waals surface area contributed by atoms with Gasteiger partial charge in [-0.25, -0.2) is 0 Å². The van der Waals surface area contributed by atoms with Gasteiger partial charge in [0.05, 0.1) is 17.8 Å². The Labute approximate surface area is 140 Å². The predicted molar refractivity (Wildman–Crippen MR) is 91.9 cm³/mol. The summed E-state index contributed by atoms with van der Waals surface area (Å²) in [5.74, 6) is 0.903. The summed E-state index contributed by atoms with van der Waals surface area (Å²) in [6.07, 6.45) is 6.50. The Morgan fingerprint density at radius 3 is 2.57 bits per heavy atom. The summed E-state index contributed by atoms with van der Waals surface area (Å²) < 4.78 is 0. The number of aliphatic hydroxyl groups is 3. The lowest BCUT2D eigenvalue weighted by molar-refractivity contribution is -0.183. The molecule has 3 N–H and O–H groups in total. The number of fused-ring (bicyclic) bond motifs is 4. The highest BCUT2D eigenvalue weighted by Gasteiger charge is 2.62. The van der Waals surface area contributed by atoms with Gasteiger partial charge < -0.3 is 15.3 Å². The molecule has 0 radical (unpaired) electrons. The molecule has 0 saturated heterocycles.